The fourth-order valence-electron chi connectivity index (χ4n) is 2.31. The van der Waals surface area contributed by atoms with E-state index < -0.39 is 11.7 Å². The highest BCUT2D eigenvalue weighted by atomic mass is 16.5. The predicted molar refractivity (Wildman–Crippen MR) is 81.4 cm³/mol. The normalized spacial score (nSPS) is 18.5. The maximum Gasteiger partial charge on any atom is 0.292 e. The summed E-state index contributed by atoms with van der Waals surface area (Å²) in [6, 6.07) is 7.26. The minimum Gasteiger partial charge on any atom is -0.381 e. The molecule has 1 fully saturated rings. The van der Waals surface area contributed by atoms with Gasteiger partial charge in [-0.25, -0.2) is 0 Å². The van der Waals surface area contributed by atoms with Gasteiger partial charge in [-0.2, -0.15) is 0 Å². The number of ketones is 1. The van der Waals surface area contributed by atoms with Crippen LogP contribution in [0.15, 0.2) is 24.3 Å². The lowest BCUT2D eigenvalue weighted by Gasteiger charge is -2.18. The van der Waals surface area contributed by atoms with Gasteiger partial charge in [-0.1, -0.05) is 45.0 Å². The zero-order chi connectivity index (χ0) is 15.5. The molecule has 1 heterocycles. The number of Topliss-reactive ketones (excluding diaryl/α,β-unsaturated/α-hetero) is 1. The molecule has 1 saturated heterocycles. The molecule has 0 spiro atoms. The summed E-state index contributed by atoms with van der Waals surface area (Å²) in [4.78, 5) is 23.9. The van der Waals surface area contributed by atoms with E-state index in [1.807, 2.05) is 12.1 Å². The van der Waals surface area contributed by atoms with Gasteiger partial charge in [-0.3, -0.25) is 9.59 Å². The minimum atomic E-state index is -0.537. The standard InChI is InChI=1S/C17H23NO3/c1-17(2,3)14-6-4-13(5-7-14)15(19)16(20)18-10-12-8-9-21-11-12/h4-7,12H,8-11H2,1-3H3,(H,18,20)/t12-/m0/s1. The molecule has 0 saturated carbocycles. The van der Waals surface area contributed by atoms with Crippen molar-refractivity contribution in [1.82, 2.24) is 5.32 Å². The summed E-state index contributed by atoms with van der Waals surface area (Å²) in [6.07, 6.45) is 0.939. The zero-order valence-electron chi connectivity index (χ0n) is 12.9. The van der Waals surface area contributed by atoms with E-state index >= 15 is 0 Å². The zero-order valence-corrected chi connectivity index (χ0v) is 12.9. The third-order valence-corrected chi connectivity index (χ3v) is 3.79. The minimum absolute atomic E-state index is 0.0340. The second kappa shape index (κ2) is 6.39. The molecule has 1 N–H and O–H groups in total. The molecule has 114 valence electrons. The fraction of sp³-hybridized carbons (Fsp3) is 0.529. The fourth-order valence-corrected chi connectivity index (χ4v) is 2.31. The number of carbonyl (C=O) groups is 2. The number of nitrogens with one attached hydrogen (secondary N) is 1. The summed E-state index contributed by atoms with van der Waals surface area (Å²) in [5.74, 6) is -0.690. The van der Waals surface area contributed by atoms with Crippen LogP contribution in [0.25, 0.3) is 0 Å². The lowest BCUT2D eigenvalue weighted by molar-refractivity contribution is -0.117. The largest absolute Gasteiger partial charge is 0.381 e. The topological polar surface area (TPSA) is 55.4 Å². The maximum atomic E-state index is 12.1. The van der Waals surface area contributed by atoms with Crippen molar-refractivity contribution in [2.24, 2.45) is 5.92 Å². The Labute approximate surface area is 125 Å². The van der Waals surface area contributed by atoms with Gasteiger partial charge >= 0.3 is 0 Å². The first kappa shape index (κ1) is 15.7. The summed E-state index contributed by atoms with van der Waals surface area (Å²) < 4.78 is 5.24. The smallest absolute Gasteiger partial charge is 0.292 e. The van der Waals surface area contributed by atoms with Crippen LogP contribution < -0.4 is 5.32 Å². The highest BCUT2D eigenvalue weighted by Crippen LogP contribution is 2.22. The molecule has 0 radical (unpaired) electrons. The van der Waals surface area contributed by atoms with Crippen molar-refractivity contribution in [2.45, 2.75) is 32.6 Å². The van der Waals surface area contributed by atoms with E-state index in [-0.39, 0.29) is 5.41 Å². The summed E-state index contributed by atoms with van der Waals surface area (Å²) in [7, 11) is 0. The van der Waals surface area contributed by atoms with Gasteiger partial charge in [-0.05, 0) is 17.4 Å². The van der Waals surface area contributed by atoms with Gasteiger partial charge in [0.2, 0.25) is 5.78 Å². The number of carbonyl (C=O) groups excluding carboxylic acids is 2. The van der Waals surface area contributed by atoms with E-state index in [2.05, 4.69) is 26.1 Å². The van der Waals surface area contributed by atoms with Crippen LogP contribution in [0, 0.1) is 5.92 Å². The van der Waals surface area contributed by atoms with Gasteiger partial charge in [0.05, 0.1) is 6.61 Å². The molecule has 0 unspecified atom stereocenters. The highest BCUT2D eigenvalue weighted by molar-refractivity contribution is 6.42. The third-order valence-electron chi connectivity index (χ3n) is 3.79. The highest BCUT2D eigenvalue weighted by Gasteiger charge is 2.21. The van der Waals surface area contributed by atoms with Gasteiger partial charge in [0.15, 0.2) is 0 Å². The number of ether oxygens (including phenoxy) is 1. The van der Waals surface area contributed by atoms with Crippen LogP contribution in [0.1, 0.15) is 43.1 Å². The molecular weight excluding hydrogens is 266 g/mol. The van der Waals surface area contributed by atoms with Crippen molar-refractivity contribution in [3.8, 4) is 0 Å². The Bertz CT molecular complexity index is 508. The molecule has 1 amide bonds. The molecule has 0 aliphatic carbocycles. The average molecular weight is 289 g/mol. The average Bonchev–Trinajstić information content (AvgIpc) is 2.96. The Morgan fingerprint density at radius 1 is 1.24 bits per heavy atom. The predicted octanol–water partition coefficient (Wildman–Crippen LogP) is 2.32. The molecule has 1 atom stereocenters. The van der Waals surface area contributed by atoms with Crippen molar-refractivity contribution in [3.63, 3.8) is 0 Å². The van der Waals surface area contributed by atoms with E-state index in [4.69, 9.17) is 4.74 Å². The second-order valence-electron chi connectivity index (χ2n) is 6.60. The maximum absolute atomic E-state index is 12.1. The first-order valence-electron chi connectivity index (χ1n) is 7.39. The van der Waals surface area contributed by atoms with E-state index in [1.165, 1.54) is 0 Å². The molecular formula is C17H23NO3. The van der Waals surface area contributed by atoms with Crippen LogP contribution in [-0.4, -0.2) is 31.4 Å². The lowest BCUT2D eigenvalue weighted by atomic mass is 9.86. The number of amides is 1. The lowest BCUT2D eigenvalue weighted by Crippen LogP contribution is -2.35. The van der Waals surface area contributed by atoms with Crippen LogP contribution >= 0.6 is 0 Å². The molecule has 1 aromatic rings. The Morgan fingerprint density at radius 2 is 1.90 bits per heavy atom. The van der Waals surface area contributed by atoms with E-state index in [0.717, 1.165) is 18.6 Å². The second-order valence-corrected chi connectivity index (χ2v) is 6.60. The summed E-state index contributed by atoms with van der Waals surface area (Å²) in [5.41, 5.74) is 1.61. The molecule has 1 aliphatic rings. The molecule has 1 aromatic carbocycles. The monoisotopic (exact) mass is 289 g/mol. The van der Waals surface area contributed by atoms with E-state index in [9.17, 15) is 9.59 Å². The summed E-state index contributed by atoms with van der Waals surface area (Å²) in [6.45, 7) is 8.24. The van der Waals surface area contributed by atoms with Crippen molar-refractivity contribution in [2.75, 3.05) is 19.8 Å². The first-order chi connectivity index (χ1) is 9.88. The summed E-state index contributed by atoms with van der Waals surface area (Å²) >= 11 is 0. The van der Waals surface area contributed by atoms with Crippen molar-refractivity contribution < 1.29 is 14.3 Å². The Hall–Kier alpha value is -1.68. The number of benzene rings is 1. The van der Waals surface area contributed by atoms with Gasteiger partial charge in [0, 0.05) is 24.6 Å². The van der Waals surface area contributed by atoms with Gasteiger partial charge in [0.1, 0.15) is 0 Å². The van der Waals surface area contributed by atoms with Gasteiger partial charge in [-0.15, -0.1) is 0 Å². The van der Waals surface area contributed by atoms with Crippen molar-refractivity contribution in [3.05, 3.63) is 35.4 Å². The van der Waals surface area contributed by atoms with Gasteiger partial charge < -0.3 is 10.1 Å². The molecule has 0 bridgehead atoms. The number of rotatable bonds is 4. The molecule has 1 aliphatic heterocycles. The van der Waals surface area contributed by atoms with E-state index in [0.29, 0.717) is 24.6 Å². The van der Waals surface area contributed by atoms with Crippen LogP contribution in [0.3, 0.4) is 0 Å². The molecule has 4 nitrogen and oxygen atoms in total. The van der Waals surface area contributed by atoms with Gasteiger partial charge in [0.25, 0.3) is 5.91 Å². The Balaban J connectivity index is 1.94. The molecule has 21 heavy (non-hydrogen) atoms. The number of hydrogen-bond acceptors (Lipinski definition) is 3. The first-order valence-corrected chi connectivity index (χ1v) is 7.39. The number of hydrogen-bond donors (Lipinski definition) is 1. The molecule has 2 rings (SSSR count). The summed E-state index contributed by atoms with van der Waals surface area (Å²) in [5, 5.41) is 2.70. The van der Waals surface area contributed by atoms with Crippen LogP contribution in [0.4, 0.5) is 0 Å². The quantitative estimate of drug-likeness (QED) is 0.683. The van der Waals surface area contributed by atoms with Crippen LogP contribution in [-0.2, 0) is 14.9 Å². The van der Waals surface area contributed by atoms with Crippen molar-refractivity contribution >= 4 is 11.7 Å². The van der Waals surface area contributed by atoms with Crippen LogP contribution in [0.2, 0.25) is 0 Å². The molecule has 4 heteroatoms. The Kier molecular flexibility index (Phi) is 4.78. The van der Waals surface area contributed by atoms with Crippen LogP contribution in [0.5, 0.6) is 0 Å². The van der Waals surface area contributed by atoms with E-state index in [1.54, 1.807) is 12.1 Å². The molecule has 0 aromatic heterocycles. The Morgan fingerprint density at radius 3 is 2.43 bits per heavy atom. The van der Waals surface area contributed by atoms with Crippen molar-refractivity contribution in [1.29, 1.82) is 0 Å². The third kappa shape index (κ3) is 4.14. The SMILES string of the molecule is CC(C)(C)c1ccc(C(=O)C(=O)NC[C@@H]2CCOC2)cc1.